The molecule has 0 bridgehead atoms. The molecule has 20 heavy (non-hydrogen) atoms. The van der Waals surface area contributed by atoms with E-state index in [9.17, 15) is 0 Å². The molecule has 0 spiro atoms. The van der Waals surface area contributed by atoms with Crippen LogP contribution in [0, 0.1) is 13.8 Å². The topological polar surface area (TPSA) is 38.0 Å². The number of rotatable bonds is 1. The van der Waals surface area contributed by atoms with E-state index in [1.54, 1.807) is 0 Å². The summed E-state index contributed by atoms with van der Waals surface area (Å²) in [6.07, 6.45) is 1.10. The van der Waals surface area contributed by atoms with Crippen molar-refractivity contribution in [3.05, 3.63) is 64.2 Å². The van der Waals surface area contributed by atoms with Gasteiger partial charge in [0, 0.05) is 11.7 Å². The molecule has 104 valence electrons. The Bertz CT molecular complexity index is 629. The van der Waals surface area contributed by atoms with Gasteiger partial charge in [-0.05, 0) is 61.6 Å². The maximum Gasteiger partial charge on any atom is 0.0581 e. The van der Waals surface area contributed by atoms with Crippen molar-refractivity contribution in [1.82, 2.24) is 5.32 Å². The number of aryl methyl sites for hydroxylation is 2. The second-order valence-electron chi connectivity index (χ2n) is 6.02. The van der Waals surface area contributed by atoms with Gasteiger partial charge in [-0.3, -0.25) is 0 Å². The number of benzene rings is 2. The van der Waals surface area contributed by atoms with Crippen molar-refractivity contribution in [2.24, 2.45) is 0 Å². The maximum atomic E-state index is 5.81. The highest BCUT2D eigenvalue weighted by Gasteiger charge is 2.26. The predicted octanol–water partition coefficient (Wildman–Crippen LogP) is 3.51. The first kappa shape index (κ1) is 13.2. The molecule has 2 aromatic rings. The lowest BCUT2D eigenvalue weighted by atomic mass is 9.84. The average Bonchev–Trinajstić information content (AvgIpc) is 2.40. The van der Waals surface area contributed by atoms with E-state index < -0.39 is 0 Å². The van der Waals surface area contributed by atoms with Gasteiger partial charge in [0.25, 0.3) is 0 Å². The number of nitrogen functional groups attached to an aromatic ring is 1. The molecule has 0 saturated carbocycles. The summed E-state index contributed by atoms with van der Waals surface area (Å²) in [5.74, 6) is 0. The predicted molar refractivity (Wildman–Crippen MR) is 84.9 cm³/mol. The fraction of sp³-hybridized carbons (Fsp3) is 0.333. The summed E-state index contributed by atoms with van der Waals surface area (Å²) in [5.41, 5.74) is 13.6. The number of nitrogens with two attached hydrogens (primary N) is 1. The number of hydrogen-bond acceptors (Lipinski definition) is 2. The Balaban J connectivity index is 2.12. The van der Waals surface area contributed by atoms with Gasteiger partial charge in [-0.15, -0.1) is 0 Å². The number of nitrogens with one attached hydrogen (secondary N) is 1. The van der Waals surface area contributed by atoms with E-state index in [2.05, 4.69) is 50.4 Å². The molecular weight excluding hydrogens is 244 g/mol. The highest BCUT2D eigenvalue weighted by Crippen LogP contribution is 2.33. The van der Waals surface area contributed by atoms with Crippen molar-refractivity contribution in [2.75, 3.05) is 5.73 Å². The van der Waals surface area contributed by atoms with Crippen LogP contribution in [0.5, 0.6) is 0 Å². The third kappa shape index (κ3) is 2.32. The van der Waals surface area contributed by atoms with Gasteiger partial charge in [0.15, 0.2) is 0 Å². The molecule has 2 aromatic carbocycles. The van der Waals surface area contributed by atoms with Gasteiger partial charge in [-0.2, -0.15) is 0 Å². The summed E-state index contributed by atoms with van der Waals surface area (Å²) in [4.78, 5) is 0. The molecule has 2 unspecified atom stereocenters. The Labute approximate surface area is 121 Å². The summed E-state index contributed by atoms with van der Waals surface area (Å²) < 4.78 is 0. The standard InChI is InChI=1S/C18H22N2/c1-11-8-12(2)16-10-13(3)20-18(17(16)9-11)14-4-6-15(19)7-5-14/h4-9,13,18,20H,10,19H2,1-3H3. The molecule has 1 aliphatic rings. The lowest BCUT2D eigenvalue weighted by Crippen LogP contribution is -2.38. The average molecular weight is 266 g/mol. The minimum atomic E-state index is 0.271. The van der Waals surface area contributed by atoms with Gasteiger partial charge in [0.05, 0.1) is 6.04 Å². The van der Waals surface area contributed by atoms with E-state index in [0.717, 1.165) is 12.1 Å². The highest BCUT2D eigenvalue weighted by atomic mass is 15.0. The lowest BCUT2D eigenvalue weighted by Gasteiger charge is -2.33. The van der Waals surface area contributed by atoms with Crippen molar-refractivity contribution in [3.63, 3.8) is 0 Å². The van der Waals surface area contributed by atoms with Gasteiger partial charge in [0.2, 0.25) is 0 Å². The van der Waals surface area contributed by atoms with E-state index in [4.69, 9.17) is 5.73 Å². The largest absolute Gasteiger partial charge is 0.399 e. The van der Waals surface area contributed by atoms with Crippen LogP contribution in [0.4, 0.5) is 5.69 Å². The number of anilines is 1. The molecule has 0 aliphatic carbocycles. The quantitative estimate of drug-likeness (QED) is 0.775. The lowest BCUT2D eigenvalue weighted by molar-refractivity contribution is 0.463. The Morgan fingerprint density at radius 3 is 2.50 bits per heavy atom. The zero-order chi connectivity index (χ0) is 14.3. The summed E-state index contributed by atoms with van der Waals surface area (Å²) >= 11 is 0. The van der Waals surface area contributed by atoms with E-state index in [-0.39, 0.29) is 6.04 Å². The van der Waals surface area contributed by atoms with Crippen LogP contribution in [0.15, 0.2) is 36.4 Å². The van der Waals surface area contributed by atoms with E-state index >= 15 is 0 Å². The SMILES string of the molecule is Cc1cc(C)c2c(c1)C(c1ccc(N)cc1)NC(C)C2. The first-order chi connectivity index (χ1) is 9.54. The van der Waals surface area contributed by atoms with Crippen molar-refractivity contribution in [2.45, 2.75) is 39.3 Å². The highest BCUT2D eigenvalue weighted by molar-refractivity contribution is 5.48. The minimum Gasteiger partial charge on any atom is -0.399 e. The zero-order valence-corrected chi connectivity index (χ0v) is 12.4. The Morgan fingerprint density at radius 2 is 1.80 bits per heavy atom. The Morgan fingerprint density at radius 1 is 1.10 bits per heavy atom. The fourth-order valence-corrected chi connectivity index (χ4v) is 3.27. The van der Waals surface area contributed by atoms with E-state index in [0.29, 0.717) is 6.04 Å². The van der Waals surface area contributed by atoms with Gasteiger partial charge >= 0.3 is 0 Å². The van der Waals surface area contributed by atoms with Crippen molar-refractivity contribution in [1.29, 1.82) is 0 Å². The summed E-state index contributed by atoms with van der Waals surface area (Å²) in [6, 6.07) is 13.6. The number of fused-ring (bicyclic) bond motifs is 1. The van der Waals surface area contributed by atoms with Crippen molar-refractivity contribution >= 4 is 5.69 Å². The van der Waals surface area contributed by atoms with Crippen LogP contribution in [-0.4, -0.2) is 6.04 Å². The van der Waals surface area contributed by atoms with Crippen LogP contribution >= 0.6 is 0 Å². The van der Waals surface area contributed by atoms with Crippen LogP contribution < -0.4 is 11.1 Å². The van der Waals surface area contributed by atoms with Crippen LogP contribution in [0.3, 0.4) is 0 Å². The molecule has 0 saturated heterocycles. The van der Waals surface area contributed by atoms with Crippen LogP contribution in [-0.2, 0) is 6.42 Å². The molecular formula is C18H22N2. The molecule has 1 aliphatic heterocycles. The van der Waals surface area contributed by atoms with Gasteiger partial charge < -0.3 is 11.1 Å². The second-order valence-corrected chi connectivity index (χ2v) is 6.02. The van der Waals surface area contributed by atoms with Gasteiger partial charge in [-0.25, -0.2) is 0 Å². The fourth-order valence-electron chi connectivity index (χ4n) is 3.27. The van der Waals surface area contributed by atoms with Crippen molar-refractivity contribution in [3.8, 4) is 0 Å². The molecule has 0 amide bonds. The van der Waals surface area contributed by atoms with E-state index in [1.807, 2.05) is 12.1 Å². The third-order valence-electron chi connectivity index (χ3n) is 4.19. The first-order valence-corrected chi connectivity index (χ1v) is 7.26. The maximum absolute atomic E-state index is 5.81. The molecule has 1 heterocycles. The molecule has 0 radical (unpaired) electrons. The normalized spacial score (nSPS) is 21.6. The van der Waals surface area contributed by atoms with Crippen molar-refractivity contribution < 1.29 is 0 Å². The monoisotopic (exact) mass is 266 g/mol. The summed E-state index contributed by atoms with van der Waals surface area (Å²) in [5, 5.41) is 3.72. The second kappa shape index (κ2) is 4.95. The smallest absolute Gasteiger partial charge is 0.0581 e. The molecule has 3 rings (SSSR count). The number of hydrogen-bond donors (Lipinski definition) is 2. The summed E-state index contributed by atoms with van der Waals surface area (Å²) in [6.45, 7) is 6.65. The molecule has 2 atom stereocenters. The third-order valence-corrected chi connectivity index (χ3v) is 4.19. The molecule has 2 nitrogen and oxygen atoms in total. The zero-order valence-electron chi connectivity index (χ0n) is 12.4. The van der Waals surface area contributed by atoms with Gasteiger partial charge in [-0.1, -0.05) is 29.8 Å². The molecule has 2 heteroatoms. The van der Waals surface area contributed by atoms with Crippen LogP contribution in [0.2, 0.25) is 0 Å². The minimum absolute atomic E-state index is 0.271. The van der Waals surface area contributed by atoms with Gasteiger partial charge in [0.1, 0.15) is 0 Å². The Kier molecular flexibility index (Phi) is 3.27. The first-order valence-electron chi connectivity index (χ1n) is 7.26. The molecule has 0 fully saturated rings. The molecule has 0 aromatic heterocycles. The van der Waals surface area contributed by atoms with E-state index in [1.165, 1.54) is 27.8 Å². The summed E-state index contributed by atoms with van der Waals surface area (Å²) in [7, 11) is 0. The molecule has 3 N–H and O–H groups in total. The Hall–Kier alpha value is -1.80. The van der Waals surface area contributed by atoms with Crippen LogP contribution in [0.1, 0.15) is 40.8 Å². The van der Waals surface area contributed by atoms with Crippen LogP contribution in [0.25, 0.3) is 0 Å².